The van der Waals surface area contributed by atoms with Gasteiger partial charge in [0.25, 0.3) is 0 Å². The Morgan fingerprint density at radius 1 is 1.36 bits per heavy atom. The second-order valence-electron chi connectivity index (χ2n) is 7.56. The van der Waals surface area contributed by atoms with E-state index in [0.717, 1.165) is 30.4 Å². The zero-order chi connectivity index (χ0) is 16.7. The van der Waals surface area contributed by atoms with Crippen molar-refractivity contribution in [2.45, 2.75) is 66.9 Å². The van der Waals surface area contributed by atoms with Crippen molar-refractivity contribution in [1.82, 2.24) is 0 Å². The van der Waals surface area contributed by atoms with Crippen LogP contribution in [-0.4, -0.2) is 17.9 Å². The van der Waals surface area contributed by atoms with Crippen LogP contribution in [0, 0.1) is 17.3 Å². The van der Waals surface area contributed by atoms with Crippen molar-refractivity contribution in [1.29, 1.82) is 0 Å². The van der Waals surface area contributed by atoms with Crippen molar-refractivity contribution in [2.75, 3.05) is 0 Å². The first-order chi connectivity index (χ1) is 10.2. The molecule has 0 aliphatic heterocycles. The summed E-state index contributed by atoms with van der Waals surface area (Å²) in [5.41, 5.74) is 3.16. The van der Waals surface area contributed by atoms with E-state index in [1.54, 1.807) is 0 Å². The molecule has 22 heavy (non-hydrogen) atoms. The fourth-order valence-electron chi connectivity index (χ4n) is 3.62. The third kappa shape index (κ3) is 2.90. The van der Waals surface area contributed by atoms with Crippen LogP contribution in [-0.2, 0) is 14.3 Å². The van der Waals surface area contributed by atoms with Gasteiger partial charge in [-0.25, -0.2) is 0 Å². The molecule has 3 nitrogen and oxygen atoms in total. The lowest BCUT2D eigenvalue weighted by molar-refractivity contribution is -0.159. The van der Waals surface area contributed by atoms with Crippen LogP contribution in [0.25, 0.3) is 0 Å². The topological polar surface area (TPSA) is 43.4 Å². The van der Waals surface area contributed by atoms with Gasteiger partial charge in [-0.2, -0.15) is 0 Å². The molecule has 0 radical (unpaired) electrons. The number of fused-ring (bicyclic) bond motifs is 1. The zero-order valence-electron chi connectivity index (χ0n) is 14.7. The third-order valence-corrected chi connectivity index (χ3v) is 5.48. The summed E-state index contributed by atoms with van der Waals surface area (Å²) in [6.45, 7) is 12.1. The van der Waals surface area contributed by atoms with E-state index in [-0.39, 0.29) is 35.1 Å². The quantitative estimate of drug-likeness (QED) is 0.566. The molecule has 0 heterocycles. The molecule has 122 valence electrons. The standard InChI is InChI=1S/C19H28O3/c1-11(2)15-10-19(6)13(5)17(22-18(21)12(3)4)8-7-14(19)9-16(15)20/h9,12-13,17H,7-8,10H2,1-6H3/t13-,17-,19-/m1/s1. The highest BCUT2D eigenvalue weighted by Crippen LogP contribution is 2.52. The Hall–Kier alpha value is -1.38. The number of rotatable bonds is 2. The van der Waals surface area contributed by atoms with Gasteiger partial charge in [0.1, 0.15) is 6.10 Å². The smallest absolute Gasteiger partial charge is 0.308 e. The summed E-state index contributed by atoms with van der Waals surface area (Å²) < 4.78 is 5.73. The molecule has 0 spiro atoms. The molecule has 0 bridgehead atoms. The lowest BCUT2D eigenvalue weighted by Gasteiger charge is -2.48. The van der Waals surface area contributed by atoms with Gasteiger partial charge >= 0.3 is 5.97 Å². The number of allylic oxidation sites excluding steroid dienone is 4. The predicted molar refractivity (Wildman–Crippen MR) is 87.3 cm³/mol. The highest BCUT2D eigenvalue weighted by molar-refractivity contribution is 6.06. The van der Waals surface area contributed by atoms with Crippen molar-refractivity contribution in [3.8, 4) is 0 Å². The van der Waals surface area contributed by atoms with Crippen molar-refractivity contribution in [2.24, 2.45) is 17.3 Å². The Bertz CT molecular complexity index is 549. The van der Waals surface area contributed by atoms with Crippen LogP contribution in [0.4, 0.5) is 0 Å². The summed E-state index contributed by atoms with van der Waals surface area (Å²) in [4.78, 5) is 24.2. The van der Waals surface area contributed by atoms with Gasteiger partial charge in [-0.1, -0.05) is 38.8 Å². The summed E-state index contributed by atoms with van der Waals surface area (Å²) >= 11 is 0. The van der Waals surface area contributed by atoms with Crippen molar-refractivity contribution >= 4 is 11.8 Å². The third-order valence-electron chi connectivity index (χ3n) is 5.48. The summed E-state index contributed by atoms with van der Waals surface area (Å²) in [6.07, 6.45) is 4.21. The van der Waals surface area contributed by atoms with E-state index in [2.05, 4.69) is 13.8 Å². The number of carbonyl (C=O) groups is 2. The molecule has 0 saturated heterocycles. The second kappa shape index (κ2) is 6.02. The monoisotopic (exact) mass is 304 g/mol. The number of hydrogen-bond acceptors (Lipinski definition) is 3. The fourth-order valence-corrected chi connectivity index (χ4v) is 3.62. The van der Waals surface area contributed by atoms with Crippen LogP contribution in [0.2, 0.25) is 0 Å². The number of carbonyl (C=O) groups excluding carboxylic acids is 2. The zero-order valence-corrected chi connectivity index (χ0v) is 14.7. The van der Waals surface area contributed by atoms with Gasteiger partial charge in [0, 0.05) is 5.92 Å². The van der Waals surface area contributed by atoms with Gasteiger partial charge in [-0.15, -0.1) is 0 Å². The van der Waals surface area contributed by atoms with Gasteiger partial charge in [-0.3, -0.25) is 9.59 Å². The molecule has 2 aliphatic rings. The summed E-state index contributed by atoms with van der Waals surface area (Å²) in [5, 5.41) is 0. The Labute approximate surface area is 133 Å². The molecule has 1 fully saturated rings. The van der Waals surface area contributed by atoms with E-state index in [4.69, 9.17) is 4.74 Å². The maximum Gasteiger partial charge on any atom is 0.308 e. The molecule has 2 rings (SSSR count). The minimum Gasteiger partial charge on any atom is -0.462 e. The molecule has 0 N–H and O–H groups in total. The van der Waals surface area contributed by atoms with Gasteiger partial charge in [-0.05, 0) is 50.2 Å². The lowest BCUT2D eigenvalue weighted by Crippen LogP contribution is -2.45. The maximum atomic E-state index is 12.3. The number of esters is 1. The minimum absolute atomic E-state index is 0.0522. The number of ketones is 1. The Kier molecular flexibility index (Phi) is 4.65. The van der Waals surface area contributed by atoms with Crippen LogP contribution in [0.5, 0.6) is 0 Å². The van der Waals surface area contributed by atoms with Gasteiger partial charge < -0.3 is 4.74 Å². The van der Waals surface area contributed by atoms with Crippen molar-refractivity contribution in [3.63, 3.8) is 0 Å². The Morgan fingerprint density at radius 2 is 2.00 bits per heavy atom. The average Bonchev–Trinajstić information content (AvgIpc) is 2.43. The van der Waals surface area contributed by atoms with Gasteiger partial charge in [0.2, 0.25) is 0 Å². The van der Waals surface area contributed by atoms with E-state index >= 15 is 0 Å². The van der Waals surface area contributed by atoms with Gasteiger partial charge in [0.05, 0.1) is 5.92 Å². The van der Waals surface area contributed by atoms with E-state index < -0.39 is 0 Å². The second-order valence-corrected chi connectivity index (χ2v) is 7.56. The normalized spacial score (nSPS) is 31.7. The van der Waals surface area contributed by atoms with E-state index in [1.807, 2.05) is 33.8 Å². The number of hydrogen-bond donors (Lipinski definition) is 0. The summed E-state index contributed by atoms with van der Waals surface area (Å²) in [7, 11) is 0. The van der Waals surface area contributed by atoms with Gasteiger partial charge in [0.15, 0.2) is 5.78 Å². The molecule has 0 aromatic rings. The molecule has 1 saturated carbocycles. The molecule has 3 heteroatoms. The highest BCUT2D eigenvalue weighted by Gasteiger charge is 2.47. The average molecular weight is 304 g/mol. The van der Waals surface area contributed by atoms with E-state index in [1.165, 1.54) is 5.57 Å². The summed E-state index contributed by atoms with van der Waals surface area (Å²) in [6, 6.07) is 0. The molecular formula is C19H28O3. The first-order valence-corrected chi connectivity index (χ1v) is 8.29. The Balaban J connectivity index is 2.29. The van der Waals surface area contributed by atoms with Crippen LogP contribution in [0.15, 0.2) is 22.8 Å². The SMILES string of the molecule is CC(C)=C1C[C@@]2(C)C(=CC1=O)CC[C@@H](OC(=O)C(C)C)[C@H]2C. The Morgan fingerprint density at radius 3 is 2.55 bits per heavy atom. The molecule has 0 aromatic carbocycles. The molecule has 0 aromatic heterocycles. The van der Waals surface area contributed by atoms with Crippen molar-refractivity contribution in [3.05, 3.63) is 22.8 Å². The predicted octanol–water partition coefficient (Wildman–Crippen LogP) is 4.23. The van der Waals surface area contributed by atoms with Crippen molar-refractivity contribution < 1.29 is 14.3 Å². The molecule has 3 atom stereocenters. The molecule has 0 unspecified atom stereocenters. The maximum absolute atomic E-state index is 12.3. The van der Waals surface area contributed by atoms with Crippen LogP contribution in [0.1, 0.15) is 60.8 Å². The van der Waals surface area contributed by atoms with Crippen LogP contribution >= 0.6 is 0 Å². The molecule has 2 aliphatic carbocycles. The van der Waals surface area contributed by atoms with E-state index in [9.17, 15) is 9.59 Å². The molecular weight excluding hydrogens is 276 g/mol. The number of ether oxygens (including phenoxy) is 1. The first-order valence-electron chi connectivity index (χ1n) is 8.29. The molecule has 0 amide bonds. The minimum atomic E-state index is -0.123. The lowest BCUT2D eigenvalue weighted by atomic mass is 9.58. The fraction of sp³-hybridized carbons (Fsp3) is 0.684. The largest absolute Gasteiger partial charge is 0.462 e. The first kappa shape index (κ1) is 17.0. The van der Waals surface area contributed by atoms with Crippen LogP contribution in [0.3, 0.4) is 0 Å². The summed E-state index contributed by atoms with van der Waals surface area (Å²) in [5.74, 6) is 0.162. The highest BCUT2D eigenvalue weighted by atomic mass is 16.5. The van der Waals surface area contributed by atoms with Crippen LogP contribution < -0.4 is 0 Å². The van der Waals surface area contributed by atoms with E-state index in [0.29, 0.717) is 0 Å².